The number of benzene rings is 2. The number of fused-ring (bicyclic) bond motifs is 1. The molecule has 0 unspecified atom stereocenters. The van der Waals surface area contributed by atoms with E-state index in [4.69, 9.17) is 9.72 Å². The number of hydrogen-bond acceptors (Lipinski definition) is 7. The number of aromatic nitrogens is 3. The molecule has 0 radical (unpaired) electrons. The third-order valence-corrected chi connectivity index (χ3v) is 6.86. The number of methoxy groups -OCH3 is 1. The number of ether oxygens (including phenoxy) is 1. The first-order valence-electron chi connectivity index (χ1n) is 12.1. The summed E-state index contributed by atoms with van der Waals surface area (Å²) in [6.07, 6.45) is 5.06. The number of nitrogens with zero attached hydrogens (tertiary/aromatic N) is 5. The van der Waals surface area contributed by atoms with Gasteiger partial charge in [0.1, 0.15) is 5.75 Å². The molecule has 0 saturated heterocycles. The first-order valence-corrected chi connectivity index (χ1v) is 13.1. The number of hydrogen-bond donors (Lipinski definition) is 2. The summed E-state index contributed by atoms with van der Waals surface area (Å²) in [4.78, 5) is 25.7. The topological polar surface area (TPSA) is 87.5 Å². The van der Waals surface area contributed by atoms with Crippen molar-refractivity contribution in [3.8, 4) is 17.0 Å². The number of nitrogens with one attached hydrogen (secondary N) is 2. The maximum atomic E-state index is 12.2. The largest absolute Gasteiger partial charge is 0.494 e. The molecule has 38 heavy (non-hydrogen) atoms. The Morgan fingerprint density at radius 2 is 1.95 bits per heavy atom. The fourth-order valence-corrected chi connectivity index (χ4v) is 4.65. The van der Waals surface area contributed by atoms with Crippen LogP contribution in [0.1, 0.15) is 0 Å². The van der Waals surface area contributed by atoms with E-state index in [-0.39, 0.29) is 5.91 Å². The van der Waals surface area contributed by atoms with Gasteiger partial charge in [-0.25, -0.2) is 9.97 Å². The molecule has 2 aromatic heterocycles. The van der Waals surface area contributed by atoms with Crippen molar-refractivity contribution in [1.82, 2.24) is 19.4 Å². The lowest BCUT2D eigenvalue weighted by Crippen LogP contribution is -2.29. The minimum absolute atomic E-state index is 0.299. The minimum atomic E-state index is -0.299. The van der Waals surface area contributed by atoms with Crippen molar-refractivity contribution in [2.45, 2.75) is 0 Å². The Bertz CT molecular complexity index is 1480. The van der Waals surface area contributed by atoms with Crippen molar-refractivity contribution in [1.29, 1.82) is 0 Å². The van der Waals surface area contributed by atoms with Crippen LogP contribution in [0.2, 0.25) is 0 Å². The van der Waals surface area contributed by atoms with E-state index in [1.165, 1.54) is 6.08 Å². The summed E-state index contributed by atoms with van der Waals surface area (Å²) in [5.74, 6) is 0.715. The smallest absolute Gasteiger partial charge is 0.247 e. The van der Waals surface area contributed by atoms with Gasteiger partial charge in [0.05, 0.1) is 29.9 Å². The van der Waals surface area contributed by atoms with Gasteiger partial charge in [-0.1, -0.05) is 6.58 Å². The molecule has 10 heteroatoms. The summed E-state index contributed by atoms with van der Waals surface area (Å²) in [6, 6.07) is 12.0. The minimum Gasteiger partial charge on any atom is -0.494 e. The van der Waals surface area contributed by atoms with Gasteiger partial charge in [-0.05, 0) is 73.1 Å². The average Bonchev–Trinajstić information content (AvgIpc) is 3.22. The molecule has 0 aliphatic heterocycles. The maximum absolute atomic E-state index is 12.2. The first kappa shape index (κ1) is 27.4. The van der Waals surface area contributed by atoms with Crippen LogP contribution in [0, 0.1) is 3.57 Å². The molecule has 2 heterocycles. The molecular weight excluding hydrogens is 593 g/mol. The first-order chi connectivity index (χ1) is 18.2. The van der Waals surface area contributed by atoms with Crippen LogP contribution in [0.15, 0.2) is 61.4 Å². The molecule has 4 rings (SSSR count). The highest BCUT2D eigenvalue weighted by atomic mass is 127. The van der Waals surface area contributed by atoms with Gasteiger partial charge in [-0.15, -0.1) is 0 Å². The Balaban J connectivity index is 1.72. The van der Waals surface area contributed by atoms with E-state index in [9.17, 15) is 4.79 Å². The quantitative estimate of drug-likeness (QED) is 0.187. The van der Waals surface area contributed by atoms with Crippen molar-refractivity contribution in [3.63, 3.8) is 0 Å². The van der Waals surface area contributed by atoms with Crippen LogP contribution in [0.3, 0.4) is 0 Å². The summed E-state index contributed by atoms with van der Waals surface area (Å²) < 4.78 is 8.97. The second-order valence-corrected chi connectivity index (χ2v) is 10.4. The molecule has 0 aliphatic carbocycles. The Labute approximate surface area is 236 Å². The summed E-state index contributed by atoms with van der Waals surface area (Å²) in [7, 11) is 9.66. The standard InChI is InChI=1S/C28H32IN7O2/c1-7-27(37)31-22-15-23(26(38-6)16-25(22)35(4)13-12-34(2)3)33-28-30-11-10-21(32-28)20-17-36(5)24-9-8-18(29)14-19(20)24/h7-11,14-17H,1,12-13H2,2-6H3,(H,31,37)(H,30,32,33). The van der Waals surface area contributed by atoms with E-state index in [1.807, 2.05) is 46.4 Å². The van der Waals surface area contributed by atoms with E-state index in [0.29, 0.717) is 23.1 Å². The zero-order valence-electron chi connectivity index (χ0n) is 22.2. The normalized spacial score (nSPS) is 11.0. The molecule has 2 aromatic carbocycles. The number of likely N-dealkylation sites (N-methyl/N-ethyl adjacent to an activating group) is 2. The van der Waals surface area contributed by atoms with Crippen LogP contribution in [0.4, 0.5) is 23.0 Å². The Morgan fingerprint density at radius 1 is 1.16 bits per heavy atom. The highest BCUT2D eigenvalue weighted by Gasteiger charge is 2.17. The van der Waals surface area contributed by atoms with Gasteiger partial charge in [0.2, 0.25) is 11.9 Å². The molecule has 0 fully saturated rings. The second-order valence-electron chi connectivity index (χ2n) is 9.19. The molecule has 0 bridgehead atoms. The van der Waals surface area contributed by atoms with Crippen LogP contribution < -0.4 is 20.3 Å². The summed E-state index contributed by atoms with van der Waals surface area (Å²) in [6.45, 7) is 5.19. The predicted octanol–water partition coefficient (Wildman–Crippen LogP) is 5.11. The molecule has 0 atom stereocenters. The van der Waals surface area contributed by atoms with E-state index < -0.39 is 0 Å². The lowest BCUT2D eigenvalue weighted by Gasteiger charge is -2.26. The molecule has 1 amide bonds. The van der Waals surface area contributed by atoms with Crippen molar-refractivity contribution >= 4 is 62.4 Å². The Morgan fingerprint density at radius 3 is 2.66 bits per heavy atom. The van der Waals surface area contributed by atoms with Gasteiger partial charge in [-0.3, -0.25) is 4.79 Å². The van der Waals surface area contributed by atoms with Gasteiger partial charge >= 0.3 is 0 Å². The highest BCUT2D eigenvalue weighted by Crippen LogP contribution is 2.38. The number of halogens is 1. The zero-order chi connectivity index (χ0) is 27.4. The van der Waals surface area contributed by atoms with Crippen LogP contribution in [0.25, 0.3) is 22.2 Å². The number of anilines is 4. The van der Waals surface area contributed by atoms with Crippen molar-refractivity contribution in [3.05, 3.63) is 65.0 Å². The SMILES string of the molecule is C=CC(=O)Nc1cc(Nc2nccc(-c3cn(C)c4ccc(I)cc34)n2)c(OC)cc1N(C)CCN(C)C. The molecule has 0 saturated carbocycles. The van der Waals surface area contributed by atoms with Gasteiger partial charge in [0.15, 0.2) is 0 Å². The van der Waals surface area contributed by atoms with Crippen molar-refractivity contribution < 1.29 is 9.53 Å². The number of carbonyl (C=O) groups excluding carboxylic acids is 1. The van der Waals surface area contributed by atoms with Crippen molar-refractivity contribution in [2.24, 2.45) is 7.05 Å². The molecule has 4 aromatic rings. The number of aryl methyl sites for hydroxylation is 1. The van der Waals surface area contributed by atoms with Gasteiger partial charge < -0.3 is 29.7 Å². The second kappa shape index (κ2) is 11.8. The van der Waals surface area contributed by atoms with E-state index in [1.54, 1.807) is 13.3 Å². The van der Waals surface area contributed by atoms with Crippen LogP contribution >= 0.6 is 22.6 Å². The van der Waals surface area contributed by atoms with Crippen LogP contribution in [-0.2, 0) is 11.8 Å². The number of carbonyl (C=O) groups is 1. The monoisotopic (exact) mass is 625 g/mol. The predicted molar refractivity (Wildman–Crippen MR) is 164 cm³/mol. The summed E-state index contributed by atoms with van der Waals surface area (Å²) in [5, 5.41) is 7.33. The van der Waals surface area contributed by atoms with Crippen LogP contribution in [0.5, 0.6) is 5.75 Å². The summed E-state index contributed by atoms with van der Waals surface area (Å²) in [5.41, 5.74) is 5.03. The fourth-order valence-electron chi connectivity index (χ4n) is 4.16. The lowest BCUT2D eigenvalue weighted by atomic mass is 10.1. The molecule has 2 N–H and O–H groups in total. The van der Waals surface area contributed by atoms with E-state index in [2.05, 4.69) is 83.6 Å². The summed E-state index contributed by atoms with van der Waals surface area (Å²) >= 11 is 2.32. The molecule has 0 aliphatic rings. The fraction of sp³-hybridized carbons (Fsp3) is 0.250. The van der Waals surface area contributed by atoms with Gasteiger partial charge in [0.25, 0.3) is 0 Å². The van der Waals surface area contributed by atoms with E-state index in [0.717, 1.165) is 44.5 Å². The Kier molecular flexibility index (Phi) is 8.52. The van der Waals surface area contributed by atoms with Gasteiger partial charge in [-0.2, -0.15) is 0 Å². The molecule has 9 nitrogen and oxygen atoms in total. The third kappa shape index (κ3) is 6.08. The third-order valence-electron chi connectivity index (χ3n) is 6.18. The van der Waals surface area contributed by atoms with Crippen LogP contribution in [-0.4, -0.2) is 66.7 Å². The molecule has 198 valence electrons. The zero-order valence-corrected chi connectivity index (χ0v) is 24.4. The molecule has 0 spiro atoms. The molecular formula is C28H32IN7O2. The number of amides is 1. The number of rotatable bonds is 10. The lowest BCUT2D eigenvalue weighted by molar-refractivity contribution is -0.111. The van der Waals surface area contributed by atoms with E-state index >= 15 is 0 Å². The van der Waals surface area contributed by atoms with Gasteiger partial charge in [0, 0.05) is 65.7 Å². The Hall–Kier alpha value is -3.64. The average molecular weight is 626 g/mol. The highest BCUT2D eigenvalue weighted by molar-refractivity contribution is 14.1. The van der Waals surface area contributed by atoms with Crippen molar-refractivity contribution in [2.75, 3.05) is 56.9 Å². The maximum Gasteiger partial charge on any atom is 0.247 e.